The topological polar surface area (TPSA) is 37.3 Å². The standard InChI is InChI=1S/C18H30O2/c1-2-3-4-5-6-7-8-9-10-11-12-13-14-15-16-17-18(19)20/h3-4,6-7,9-10H,2,5,8,11-17H2,1H3,(H,19,20)/i18+2. The van der Waals surface area contributed by atoms with Gasteiger partial charge in [0.15, 0.2) is 0 Å². The van der Waals surface area contributed by atoms with Crippen LogP contribution < -0.4 is 0 Å². The summed E-state index contributed by atoms with van der Waals surface area (Å²) in [6.07, 6.45) is 23.4. The van der Waals surface area contributed by atoms with Gasteiger partial charge in [-0.3, -0.25) is 4.79 Å². The fourth-order valence-corrected chi connectivity index (χ4v) is 1.90. The van der Waals surface area contributed by atoms with Crippen LogP contribution in [0.2, 0.25) is 0 Å². The van der Waals surface area contributed by atoms with E-state index in [0.29, 0.717) is 6.42 Å². The molecule has 0 bridgehead atoms. The summed E-state index contributed by atoms with van der Waals surface area (Å²) in [6.45, 7) is 2.15. The molecular weight excluding hydrogens is 250 g/mol. The molecule has 0 saturated carbocycles. The highest BCUT2D eigenvalue weighted by Gasteiger charge is 1.95. The lowest BCUT2D eigenvalue weighted by Crippen LogP contribution is -1.93. The summed E-state index contributed by atoms with van der Waals surface area (Å²) in [5.74, 6) is -0.675. The molecule has 0 aromatic rings. The van der Waals surface area contributed by atoms with Crippen LogP contribution >= 0.6 is 0 Å². The molecule has 0 aliphatic carbocycles. The van der Waals surface area contributed by atoms with Crippen LogP contribution in [0.5, 0.6) is 0 Å². The normalized spacial score (nSPS) is 12.1. The maximum atomic E-state index is 10.3. The lowest BCUT2D eigenvalue weighted by atomic mass is 10.1. The molecule has 0 aromatic heterocycles. The number of carboxylic acids is 1. The predicted molar refractivity (Wildman–Crippen MR) is 86.9 cm³/mol. The zero-order valence-corrected chi connectivity index (χ0v) is 12.9. The lowest BCUT2D eigenvalue weighted by molar-refractivity contribution is -0.137. The molecule has 20 heavy (non-hydrogen) atoms. The molecule has 0 aliphatic heterocycles. The van der Waals surface area contributed by atoms with Crippen LogP contribution in [0.3, 0.4) is 0 Å². The van der Waals surface area contributed by atoms with Crippen molar-refractivity contribution in [3.8, 4) is 0 Å². The molecule has 0 fully saturated rings. The summed E-state index contributed by atoms with van der Waals surface area (Å²) in [5, 5.41) is 8.50. The number of aliphatic carboxylic acids is 1. The number of unbranched alkanes of at least 4 members (excludes halogenated alkanes) is 5. The quantitative estimate of drug-likeness (QED) is 0.349. The third-order valence-corrected chi connectivity index (χ3v) is 3.04. The van der Waals surface area contributed by atoms with Gasteiger partial charge in [0.05, 0.1) is 0 Å². The highest BCUT2D eigenvalue weighted by Crippen LogP contribution is 2.07. The minimum Gasteiger partial charge on any atom is -0.481 e. The molecule has 2 heteroatoms. The Morgan fingerprint density at radius 3 is 2.00 bits per heavy atom. The fraction of sp³-hybridized carbons (Fsp3) is 0.611. The fourth-order valence-electron chi connectivity index (χ4n) is 1.90. The molecule has 0 aromatic carbocycles. The van der Waals surface area contributed by atoms with Crippen molar-refractivity contribution in [2.24, 2.45) is 0 Å². The largest absolute Gasteiger partial charge is 0.481 e. The van der Waals surface area contributed by atoms with Gasteiger partial charge in [0.2, 0.25) is 0 Å². The average molecular weight is 280 g/mol. The summed E-state index contributed by atoms with van der Waals surface area (Å²) in [4.78, 5) is 10.3. The molecule has 0 radical (unpaired) electrons. The van der Waals surface area contributed by atoms with Gasteiger partial charge in [-0.25, -0.2) is 0 Å². The maximum Gasteiger partial charge on any atom is 0.303 e. The van der Waals surface area contributed by atoms with Gasteiger partial charge in [-0.15, -0.1) is 0 Å². The molecule has 114 valence electrons. The Morgan fingerprint density at radius 2 is 1.35 bits per heavy atom. The molecule has 0 saturated heterocycles. The molecule has 0 amide bonds. The smallest absolute Gasteiger partial charge is 0.303 e. The highest BCUT2D eigenvalue weighted by molar-refractivity contribution is 5.66. The summed E-state index contributed by atoms with van der Waals surface area (Å²) < 4.78 is 0. The predicted octanol–water partition coefficient (Wildman–Crippen LogP) is 5.66. The second-order valence-electron chi connectivity index (χ2n) is 4.99. The van der Waals surface area contributed by atoms with Crippen LogP contribution in [0, 0.1) is 0 Å². The number of allylic oxidation sites excluding steroid dienone is 6. The van der Waals surface area contributed by atoms with Gasteiger partial charge in [0.1, 0.15) is 0 Å². The van der Waals surface area contributed by atoms with E-state index in [2.05, 4.69) is 43.4 Å². The van der Waals surface area contributed by atoms with E-state index < -0.39 is 5.97 Å². The van der Waals surface area contributed by atoms with Gasteiger partial charge in [-0.05, 0) is 38.5 Å². The van der Waals surface area contributed by atoms with Crippen LogP contribution in [-0.4, -0.2) is 11.1 Å². The van der Waals surface area contributed by atoms with Crippen LogP contribution in [-0.2, 0) is 4.79 Å². The minimum absolute atomic E-state index is 0.319. The van der Waals surface area contributed by atoms with Crippen molar-refractivity contribution >= 4 is 5.97 Å². The van der Waals surface area contributed by atoms with Gasteiger partial charge in [-0.2, -0.15) is 0 Å². The van der Waals surface area contributed by atoms with E-state index in [1.165, 1.54) is 12.8 Å². The van der Waals surface area contributed by atoms with Crippen molar-refractivity contribution in [1.82, 2.24) is 0 Å². The van der Waals surface area contributed by atoms with Crippen molar-refractivity contribution in [3.63, 3.8) is 0 Å². The van der Waals surface area contributed by atoms with Crippen molar-refractivity contribution in [2.75, 3.05) is 0 Å². The monoisotopic (exact) mass is 280 g/mol. The van der Waals surface area contributed by atoms with Crippen molar-refractivity contribution in [2.45, 2.75) is 71.1 Å². The van der Waals surface area contributed by atoms with Crippen LogP contribution in [0.15, 0.2) is 36.5 Å². The number of carbonyl (C=O) groups is 1. The van der Waals surface area contributed by atoms with Gasteiger partial charge in [0, 0.05) is 6.42 Å². The molecule has 0 aliphatic rings. The zero-order chi connectivity index (χ0) is 14.9. The van der Waals surface area contributed by atoms with E-state index in [-0.39, 0.29) is 0 Å². The van der Waals surface area contributed by atoms with E-state index in [4.69, 9.17) is 5.11 Å². The first-order valence-electron chi connectivity index (χ1n) is 7.94. The van der Waals surface area contributed by atoms with Crippen molar-refractivity contribution < 1.29 is 9.90 Å². The van der Waals surface area contributed by atoms with Crippen molar-refractivity contribution in [3.05, 3.63) is 36.5 Å². The number of hydrogen-bond acceptors (Lipinski definition) is 1. The number of hydrogen-bond donors (Lipinski definition) is 1. The molecule has 0 atom stereocenters. The Labute approximate surface area is 124 Å². The maximum absolute atomic E-state index is 10.3. The Kier molecular flexibility index (Phi) is 14.7. The first-order valence-corrected chi connectivity index (χ1v) is 7.94. The van der Waals surface area contributed by atoms with Crippen molar-refractivity contribution in [1.29, 1.82) is 0 Å². The third-order valence-electron chi connectivity index (χ3n) is 3.04. The van der Waals surface area contributed by atoms with E-state index in [9.17, 15) is 4.79 Å². The molecule has 2 nitrogen and oxygen atoms in total. The van der Waals surface area contributed by atoms with Crippen LogP contribution in [0.25, 0.3) is 0 Å². The SMILES string of the molecule is CCC=CCC=CCC=CCCCCCCC[14C](=O)O. The molecule has 1 N–H and O–H groups in total. The highest BCUT2D eigenvalue weighted by atomic mass is 16.6. The van der Waals surface area contributed by atoms with Crippen LogP contribution in [0.4, 0.5) is 0 Å². The van der Waals surface area contributed by atoms with Gasteiger partial charge >= 0.3 is 5.97 Å². The molecular formula is C18H30O2. The molecule has 0 heterocycles. The van der Waals surface area contributed by atoms with E-state index in [1.807, 2.05) is 0 Å². The number of carboxylic acid groups (broad SMARTS) is 1. The Balaban J connectivity index is 3.23. The summed E-state index contributed by atoms with van der Waals surface area (Å²) in [6, 6.07) is 0. The number of rotatable bonds is 13. The minimum atomic E-state index is -0.675. The van der Waals surface area contributed by atoms with Crippen LogP contribution in [0.1, 0.15) is 71.1 Å². The summed E-state index contributed by atoms with van der Waals surface area (Å²) in [5.41, 5.74) is 0. The van der Waals surface area contributed by atoms with Gasteiger partial charge in [-0.1, -0.05) is 62.6 Å². The van der Waals surface area contributed by atoms with E-state index >= 15 is 0 Å². The Morgan fingerprint density at radius 1 is 0.800 bits per heavy atom. The second kappa shape index (κ2) is 15.7. The average Bonchev–Trinajstić information content (AvgIpc) is 2.43. The Hall–Kier alpha value is -1.31. The first-order chi connectivity index (χ1) is 9.77. The molecule has 0 unspecified atom stereocenters. The van der Waals surface area contributed by atoms with E-state index in [0.717, 1.165) is 44.9 Å². The second-order valence-corrected chi connectivity index (χ2v) is 4.99. The first kappa shape index (κ1) is 18.7. The zero-order valence-electron chi connectivity index (χ0n) is 12.9. The van der Waals surface area contributed by atoms with Gasteiger partial charge < -0.3 is 5.11 Å². The summed E-state index contributed by atoms with van der Waals surface area (Å²) >= 11 is 0. The summed E-state index contributed by atoms with van der Waals surface area (Å²) in [7, 11) is 0. The molecule has 0 rings (SSSR count). The third kappa shape index (κ3) is 16.7. The molecule has 0 spiro atoms. The lowest BCUT2D eigenvalue weighted by Gasteiger charge is -1.98. The Bertz CT molecular complexity index is 301. The van der Waals surface area contributed by atoms with Gasteiger partial charge in [0.25, 0.3) is 0 Å². The van der Waals surface area contributed by atoms with E-state index in [1.54, 1.807) is 0 Å².